The third kappa shape index (κ3) is 3.71. The Hall–Kier alpha value is -3.11. The second-order valence-electron chi connectivity index (χ2n) is 5.75. The van der Waals surface area contributed by atoms with Crippen LogP contribution in [0, 0.1) is 0 Å². The number of thiol groups is 1. The lowest BCUT2D eigenvalue weighted by atomic mass is 10.0. The van der Waals surface area contributed by atoms with Crippen LogP contribution in [0.2, 0.25) is 0 Å². The summed E-state index contributed by atoms with van der Waals surface area (Å²) in [6.07, 6.45) is 9.71. The van der Waals surface area contributed by atoms with E-state index in [0.717, 1.165) is 11.1 Å². The van der Waals surface area contributed by atoms with Gasteiger partial charge in [-0.05, 0) is 29.8 Å². The molecule has 0 radical (unpaired) electrons. The van der Waals surface area contributed by atoms with Gasteiger partial charge in [-0.15, -0.1) is 5.10 Å². The number of aromatic nitrogens is 5. The van der Waals surface area contributed by atoms with Gasteiger partial charge in [-0.1, -0.05) is 11.3 Å². The average Bonchev–Trinajstić information content (AvgIpc) is 3.21. The lowest BCUT2D eigenvalue weighted by Crippen LogP contribution is -2.30. The summed E-state index contributed by atoms with van der Waals surface area (Å²) in [5, 5.41) is 7.70. The fraction of sp³-hybridized carbons (Fsp3) is 0.176. The lowest BCUT2D eigenvalue weighted by molar-refractivity contribution is 0.0476. The third-order valence-corrected chi connectivity index (χ3v) is 4.81. The second-order valence-corrected chi connectivity index (χ2v) is 6.78. The van der Waals surface area contributed by atoms with Gasteiger partial charge in [-0.3, -0.25) is 4.68 Å². The number of benzene rings is 1. The Morgan fingerprint density at radius 3 is 2.85 bits per heavy atom. The molecule has 0 spiro atoms. The minimum atomic E-state index is -2.64. The van der Waals surface area contributed by atoms with Crippen molar-refractivity contribution < 1.29 is 13.2 Å². The summed E-state index contributed by atoms with van der Waals surface area (Å²) >= 11 is 0. The van der Waals surface area contributed by atoms with Gasteiger partial charge in [0.25, 0.3) is 0 Å². The molecular formula is C17H16N6O3S. The van der Waals surface area contributed by atoms with Crippen LogP contribution in [-0.4, -0.2) is 40.0 Å². The maximum atomic E-state index is 11.3. The van der Waals surface area contributed by atoms with Gasteiger partial charge in [0.2, 0.25) is 0 Å². The van der Waals surface area contributed by atoms with Crippen molar-refractivity contribution in [1.29, 1.82) is 0 Å². The molecule has 1 atom stereocenters. The molecule has 0 saturated carbocycles. The first-order chi connectivity index (χ1) is 13.2. The predicted molar refractivity (Wildman–Crippen MR) is 97.3 cm³/mol. The Bertz CT molecular complexity index is 1010. The van der Waals surface area contributed by atoms with E-state index in [2.05, 4.69) is 20.3 Å². The summed E-state index contributed by atoms with van der Waals surface area (Å²) < 4.78 is 30.4. The van der Waals surface area contributed by atoms with Crippen molar-refractivity contribution in [3.63, 3.8) is 0 Å². The number of ether oxygens (including phenoxy) is 1. The maximum Gasteiger partial charge on any atom is 0.168 e. The molecule has 0 amide bonds. The quantitative estimate of drug-likeness (QED) is 0.633. The Kier molecular flexibility index (Phi) is 4.90. The summed E-state index contributed by atoms with van der Waals surface area (Å²) in [6.45, 7) is 0.929. The largest absolute Gasteiger partial charge is 0.352 e. The molecule has 1 aliphatic heterocycles. The Labute approximate surface area is 156 Å². The summed E-state index contributed by atoms with van der Waals surface area (Å²) in [6, 6.07) is 6.78. The molecule has 0 fully saturated rings. The number of fused-ring (bicyclic) bond motifs is 1. The molecule has 0 N–H and O–H groups in total. The molecule has 2 aromatic heterocycles. The Balaban J connectivity index is 1.64. The van der Waals surface area contributed by atoms with E-state index in [0.29, 0.717) is 19.0 Å². The first-order valence-corrected chi connectivity index (χ1v) is 9.37. The Morgan fingerprint density at radius 2 is 2.11 bits per heavy atom. The highest BCUT2D eigenvalue weighted by molar-refractivity contribution is 7.72. The standard InChI is InChI=1S/C17H16N6O3S/c24-27(25)14-1-2-15-13(11-14)4-7-23(16-3-5-18-12-19-16)17(15)26-10-9-22-8-6-20-21-22/h1-8,11-12,17,27H,9-10H2. The van der Waals surface area contributed by atoms with Crippen LogP contribution < -0.4 is 4.90 Å². The summed E-state index contributed by atoms with van der Waals surface area (Å²) in [7, 11) is -2.64. The van der Waals surface area contributed by atoms with Gasteiger partial charge < -0.3 is 9.64 Å². The minimum Gasteiger partial charge on any atom is -0.352 e. The van der Waals surface area contributed by atoms with Crippen molar-refractivity contribution in [2.45, 2.75) is 17.7 Å². The van der Waals surface area contributed by atoms with Crippen molar-refractivity contribution >= 4 is 22.6 Å². The van der Waals surface area contributed by atoms with Crippen LogP contribution in [0.25, 0.3) is 6.08 Å². The summed E-state index contributed by atoms with van der Waals surface area (Å²) in [5.41, 5.74) is 1.65. The normalized spacial score (nSPS) is 15.9. The van der Waals surface area contributed by atoms with Gasteiger partial charge in [0.05, 0.1) is 24.2 Å². The van der Waals surface area contributed by atoms with Crippen LogP contribution in [0.5, 0.6) is 0 Å². The zero-order valence-corrected chi connectivity index (χ0v) is 15.0. The van der Waals surface area contributed by atoms with E-state index >= 15 is 0 Å². The van der Waals surface area contributed by atoms with Gasteiger partial charge in [-0.2, -0.15) is 0 Å². The highest BCUT2D eigenvalue weighted by atomic mass is 32.2. The molecule has 1 aliphatic rings. The van der Waals surface area contributed by atoms with Crippen LogP contribution in [0.1, 0.15) is 17.4 Å². The molecule has 0 aliphatic carbocycles. The highest BCUT2D eigenvalue weighted by Gasteiger charge is 2.26. The van der Waals surface area contributed by atoms with E-state index in [1.807, 2.05) is 17.2 Å². The van der Waals surface area contributed by atoms with E-state index in [1.54, 1.807) is 47.5 Å². The SMILES string of the molecule is O=[SH](=O)c1ccc2c(c1)C=CN(c1ccncn1)C2OCCn1ccnn1. The summed E-state index contributed by atoms with van der Waals surface area (Å²) in [5.74, 6) is 0.677. The van der Waals surface area contributed by atoms with Crippen molar-refractivity contribution in [1.82, 2.24) is 25.0 Å². The van der Waals surface area contributed by atoms with Gasteiger partial charge in [0, 0.05) is 24.2 Å². The molecule has 3 aromatic rings. The second kappa shape index (κ2) is 7.64. The highest BCUT2D eigenvalue weighted by Crippen LogP contribution is 2.34. The number of nitrogens with zero attached hydrogens (tertiary/aromatic N) is 6. The summed E-state index contributed by atoms with van der Waals surface area (Å²) in [4.78, 5) is 10.4. The van der Waals surface area contributed by atoms with E-state index < -0.39 is 16.9 Å². The van der Waals surface area contributed by atoms with Crippen molar-refractivity contribution in [3.05, 3.63) is 66.5 Å². The monoisotopic (exact) mass is 384 g/mol. The first-order valence-electron chi connectivity index (χ1n) is 8.19. The van der Waals surface area contributed by atoms with Crippen molar-refractivity contribution in [2.75, 3.05) is 11.5 Å². The van der Waals surface area contributed by atoms with Crippen LogP contribution in [0.3, 0.4) is 0 Å². The predicted octanol–water partition coefficient (Wildman–Crippen LogP) is 1.24. The molecule has 10 heteroatoms. The van der Waals surface area contributed by atoms with Gasteiger partial charge >= 0.3 is 0 Å². The molecule has 1 unspecified atom stereocenters. The van der Waals surface area contributed by atoms with E-state index in [1.165, 1.54) is 6.33 Å². The molecule has 138 valence electrons. The molecule has 3 heterocycles. The van der Waals surface area contributed by atoms with E-state index in [9.17, 15) is 8.42 Å². The zero-order chi connectivity index (χ0) is 18.6. The van der Waals surface area contributed by atoms with E-state index in [4.69, 9.17) is 4.74 Å². The average molecular weight is 384 g/mol. The van der Waals surface area contributed by atoms with Crippen LogP contribution in [0.15, 0.2) is 60.3 Å². The molecular weight excluding hydrogens is 368 g/mol. The van der Waals surface area contributed by atoms with Crippen molar-refractivity contribution in [3.8, 4) is 0 Å². The molecule has 0 bridgehead atoms. The van der Waals surface area contributed by atoms with Crippen LogP contribution in [-0.2, 0) is 22.0 Å². The molecule has 0 saturated heterocycles. The van der Waals surface area contributed by atoms with Crippen LogP contribution >= 0.6 is 0 Å². The third-order valence-electron chi connectivity index (χ3n) is 4.11. The maximum absolute atomic E-state index is 11.3. The van der Waals surface area contributed by atoms with Gasteiger partial charge in [0.15, 0.2) is 16.9 Å². The fourth-order valence-corrected chi connectivity index (χ4v) is 3.29. The number of rotatable bonds is 6. The topological polar surface area (TPSA) is 103 Å². The first kappa shape index (κ1) is 17.3. The molecule has 9 nitrogen and oxygen atoms in total. The zero-order valence-electron chi connectivity index (χ0n) is 14.1. The van der Waals surface area contributed by atoms with Crippen LogP contribution in [0.4, 0.5) is 5.82 Å². The number of anilines is 1. The van der Waals surface area contributed by atoms with Gasteiger partial charge in [0.1, 0.15) is 12.1 Å². The number of hydrogen-bond acceptors (Lipinski definition) is 8. The molecule has 4 rings (SSSR count). The van der Waals surface area contributed by atoms with E-state index in [-0.39, 0.29) is 4.90 Å². The number of hydrogen-bond donors (Lipinski definition) is 1. The van der Waals surface area contributed by atoms with Gasteiger partial charge in [-0.25, -0.2) is 18.4 Å². The lowest BCUT2D eigenvalue weighted by Gasteiger charge is -2.33. The Morgan fingerprint density at radius 1 is 1.19 bits per heavy atom. The molecule has 27 heavy (non-hydrogen) atoms. The molecule has 1 aromatic carbocycles. The smallest absolute Gasteiger partial charge is 0.168 e. The van der Waals surface area contributed by atoms with Crippen molar-refractivity contribution in [2.24, 2.45) is 0 Å². The minimum absolute atomic E-state index is 0.269. The fourth-order valence-electron chi connectivity index (χ4n) is 2.85.